The summed E-state index contributed by atoms with van der Waals surface area (Å²) in [4.78, 5) is 23.1. The van der Waals surface area contributed by atoms with Gasteiger partial charge in [0, 0.05) is 18.7 Å². The fourth-order valence-corrected chi connectivity index (χ4v) is 2.41. The Kier molecular flexibility index (Phi) is 3.69. The zero-order valence-corrected chi connectivity index (χ0v) is 11.5. The molecule has 4 heteroatoms. The van der Waals surface area contributed by atoms with Crippen LogP contribution in [0.3, 0.4) is 0 Å². The van der Waals surface area contributed by atoms with E-state index in [2.05, 4.69) is 10.6 Å². The van der Waals surface area contributed by atoms with Crippen molar-refractivity contribution in [2.75, 3.05) is 11.9 Å². The molecule has 106 valence electrons. The largest absolute Gasteiger partial charge is 0.355 e. The topological polar surface area (TPSA) is 58.2 Å². The van der Waals surface area contributed by atoms with Crippen LogP contribution < -0.4 is 10.6 Å². The molecule has 0 aromatic heterocycles. The zero-order valence-electron chi connectivity index (χ0n) is 11.5. The first-order valence-electron chi connectivity index (χ1n) is 6.95. The van der Waals surface area contributed by atoms with Gasteiger partial charge in [-0.3, -0.25) is 9.59 Å². The van der Waals surface area contributed by atoms with Gasteiger partial charge in [-0.25, -0.2) is 0 Å². The maximum Gasteiger partial charge on any atom is 0.229 e. The Balaban J connectivity index is 1.67. The van der Waals surface area contributed by atoms with E-state index < -0.39 is 0 Å². The molecule has 1 heterocycles. The van der Waals surface area contributed by atoms with Gasteiger partial charge in [0.15, 0.2) is 0 Å². The summed E-state index contributed by atoms with van der Waals surface area (Å²) in [7, 11) is 0. The van der Waals surface area contributed by atoms with Gasteiger partial charge in [0.25, 0.3) is 0 Å². The van der Waals surface area contributed by atoms with E-state index in [-0.39, 0.29) is 24.2 Å². The van der Waals surface area contributed by atoms with Crippen LogP contribution in [0.5, 0.6) is 0 Å². The van der Waals surface area contributed by atoms with Crippen LogP contribution in [-0.2, 0) is 9.59 Å². The minimum Gasteiger partial charge on any atom is -0.355 e. The molecule has 2 aromatic rings. The third-order valence-corrected chi connectivity index (χ3v) is 3.61. The predicted octanol–water partition coefficient (Wildman–Crippen LogP) is 2.43. The van der Waals surface area contributed by atoms with E-state index in [9.17, 15) is 9.59 Å². The molecular formula is C17H16N2O2. The van der Waals surface area contributed by atoms with Crippen LogP contribution >= 0.6 is 0 Å². The maximum atomic E-state index is 12.0. The van der Waals surface area contributed by atoms with Gasteiger partial charge in [0.2, 0.25) is 11.8 Å². The summed E-state index contributed by atoms with van der Waals surface area (Å²) in [5.74, 6) is -0.443. The molecule has 21 heavy (non-hydrogen) atoms. The number of nitrogens with one attached hydrogen (secondary N) is 2. The fraction of sp³-hybridized carbons (Fsp3) is 0.176. The van der Waals surface area contributed by atoms with Crippen LogP contribution in [0, 0.1) is 5.92 Å². The molecular weight excluding hydrogens is 264 g/mol. The molecule has 0 aliphatic carbocycles. The first kappa shape index (κ1) is 13.4. The molecule has 0 radical (unpaired) electrons. The molecule has 2 aromatic carbocycles. The Morgan fingerprint density at radius 1 is 1.00 bits per heavy atom. The van der Waals surface area contributed by atoms with Gasteiger partial charge in [-0.2, -0.15) is 0 Å². The summed E-state index contributed by atoms with van der Waals surface area (Å²) in [6.45, 7) is 0.423. The molecule has 3 rings (SSSR count). The lowest BCUT2D eigenvalue weighted by Crippen LogP contribution is -2.24. The number of benzene rings is 2. The third-order valence-electron chi connectivity index (χ3n) is 3.61. The Hall–Kier alpha value is -2.62. The average molecular weight is 280 g/mol. The average Bonchev–Trinajstić information content (AvgIpc) is 2.96. The molecule has 1 fully saturated rings. The van der Waals surface area contributed by atoms with Gasteiger partial charge in [0.05, 0.1) is 5.92 Å². The van der Waals surface area contributed by atoms with Crippen LogP contribution in [0.2, 0.25) is 0 Å². The van der Waals surface area contributed by atoms with E-state index in [0.717, 1.165) is 16.8 Å². The number of carbonyl (C=O) groups excluding carboxylic acids is 2. The van der Waals surface area contributed by atoms with Crippen LogP contribution in [0.4, 0.5) is 5.69 Å². The first-order valence-corrected chi connectivity index (χ1v) is 6.95. The Morgan fingerprint density at radius 2 is 1.67 bits per heavy atom. The summed E-state index contributed by atoms with van der Waals surface area (Å²) in [6.07, 6.45) is 0.272. The van der Waals surface area contributed by atoms with E-state index in [1.165, 1.54) is 0 Å². The van der Waals surface area contributed by atoms with Gasteiger partial charge >= 0.3 is 0 Å². The summed E-state index contributed by atoms with van der Waals surface area (Å²) in [5, 5.41) is 5.52. The van der Waals surface area contributed by atoms with Crippen LogP contribution in [-0.4, -0.2) is 18.4 Å². The monoisotopic (exact) mass is 280 g/mol. The summed E-state index contributed by atoms with van der Waals surface area (Å²) in [5.41, 5.74) is 2.99. The van der Waals surface area contributed by atoms with Crippen molar-refractivity contribution in [2.45, 2.75) is 6.42 Å². The molecule has 1 unspecified atom stereocenters. The van der Waals surface area contributed by atoms with E-state index in [1.807, 2.05) is 54.6 Å². The van der Waals surface area contributed by atoms with Gasteiger partial charge in [-0.1, -0.05) is 42.5 Å². The van der Waals surface area contributed by atoms with Crippen molar-refractivity contribution >= 4 is 17.5 Å². The minimum atomic E-state index is -0.272. The van der Waals surface area contributed by atoms with Crippen LogP contribution in [0.1, 0.15) is 6.42 Å². The van der Waals surface area contributed by atoms with Crippen molar-refractivity contribution in [3.05, 3.63) is 54.6 Å². The van der Waals surface area contributed by atoms with Crippen molar-refractivity contribution < 1.29 is 9.59 Å². The Labute approximate surface area is 123 Å². The molecule has 4 nitrogen and oxygen atoms in total. The SMILES string of the molecule is O=C1CC(C(=O)Nc2ccc(-c3ccccc3)cc2)CN1. The molecule has 1 atom stereocenters. The highest BCUT2D eigenvalue weighted by Crippen LogP contribution is 2.21. The Morgan fingerprint density at radius 3 is 2.29 bits per heavy atom. The van der Waals surface area contributed by atoms with E-state index in [0.29, 0.717) is 6.54 Å². The standard InChI is InChI=1S/C17H16N2O2/c20-16-10-14(11-18-16)17(21)19-15-8-6-13(7-9-15)12-4-2-1-3-5-12/h1-9,14H,10-11H2,(H,18,20)(H,19,21). The van der Waals surface area contributed by atoms with Gasteiger partial charge in [-0.15, -0.1) is 0 Å². The minimum absolute atomic E-state index is 0.0606. The first-order chi connectivity index (χ1) is 10.2. The number of anilines is 1. The van der Waals surface area contributed by atoms with Gasteiger partial charge < -0.3 is 10.6 Å². The molecule has 1 aliphatic rings. The molecule has 0 saturated carbocycles. The van der Waals surface area contributed by atoms with Crippen molar-refractivity contribution in [3.63, 3.8) is 0 Å². The maximum absolute atomic E-state index is 12.0. The van der Waals surface area contributed by atoms with Gasteiger partial charge in [0.1, 0.15) is 0 Å². The van der Waals surface area contributed by atoms with Crippen molar-refractivity contribution in [3.8, 4) is 11.1 Å². The second kappa shape index (κ2) is 5.79. The highest BCUT2D eigenvalue weighted by Gasteiger charge is 2.27. The highest BCUT2D eigenvalue weighted by molar-refractivity contribution is 5.97. The highest BCUT2D eigenvalue weighted by atomic mass is 16.2. The van der Waals surface area contributed by atoms with Crippen LogP contribution in [0.15, 0.2) is 54.6 Å². The smallest absolute Gasteiger partial charge is 0.229 e. The number of amides is 2. The van der Waals surface area contributed by atoms with Crippen LogP contribution in [0.25, 0.3) is 11.1 Å². The molecule has 2 amide bonds. The third kappa shape index (κ3) is 3.11. The lowest BCUT2D eigenvalue weighted by molar-refractivity contribution is -0.123. The normalized spacial score (nSPS) is 17.3. The molecule has 2 N–H and O–H groups in total. The quantitative estimate of drug-likeness (QED) is 0.907. The van der Waals surface area contributed by atoms with E-state index in [4.69, 9.17) is 0 Å². The summed E-state index contributed by atoms with van der Waals surface area (Å²) < 4.78 is 0. The number of carbonyl (C=O) groups is 2. The van der Waals surface area contributed by atoms with E-state index >= 15 is 0 Å². The zero-order chi connectivity index (χ0) is 14.7. The van der Waals surface area contributed by atoms with Crippen molar-refractivity contribution in [1.29, 1.82) is 0 Å². The molecule has 0 bridgehead atoms. The Bertz CT molecular complexity index is 650. The summed E-state index contributed by atoms with van der Waals surface area (Å²) in [6, 6.07) is 17.8. The molecule has 1 aliphatic heterocycles. The number of hydrogen-bond donors (Lipinski definition) is 2. The number of rotatable bonds is 3. The number of hydrogen-bond acceptors (Lipinski definition) is 2. The lowest BCUT2D eigenvalue weighted by Gasteiger charge is -2.10. The predicted molar refractivity (Wildman–Crippen MR) is 81.6 cm³/mol. The molecule has 1 saturated heterocycles. The summed E-state index contributed by atoms with van der Waals surface area (Å²) >= 11 is 0. The second-order valence-electron chi connectivity index (χ2n) is 5.14. The van der Waals surface area contributed by atoms with Gasteiger partial charge in [-0.05, 0) is 23.3 Å². The van der Waals surface area contributed by atoms with E-state index in [1.54, 1.807) is 0 Å². The fourth-order valence-electron chi connectivity index (χ4n) is 2.41. The van der Waals surface area contributed by atoms with Crippen molar-refractivity contribution in [2.24, 2.45) is 5.92 Å². The second-order valence-corrected chi connectivity index (χ2v) is 5.14. The molecule has 0 spiro atoms. The lowest BCUT2D eigenvalue weighted by atomic mass is 10.1. The van der Waals surface area contributed by atoms with Crippen molar-refractivity contribution in [1.82, 2.24) is 5.32 Å².